The van der Waals surface area contributed by atoms with Crippen molar-refractivity contribution < 1.29 is 33.6 Å². The summed E-state index contributed by atoms with van der Waals surface area (Å²) in [5.74, 6) is -0.0414. The maximum atomic E-state index is 13.1. The molecule has 1 aliphatic rings. The average Bonchev–Trinajstić information content (AvgIpc) is 3.12. The van der Waals surface area contributed by atoms with Crippen molar-refractivity contribution in [2.45, 2.75) is 25.8 Å². The smallest absolute Gasteiger partial charge is 0.295 e. The first-order valence-electron chi connectivity index (χ1n) is 11.2. The Hall–Kier alpha value is -3.52. The van der Waals surface area contributed by atoms with Crippen LogP contribution < -0.4 is 14.2 Å². The van der Waals surface area contributed by atoms with Crippen LogP contribution in [-0.2, 0) is 14.3 Å². The predicted octanol–water partition coefficient (Wildman–Crippen LogP) is 3.95. The minimum atomic E-state index is -0.809. The molecule has 1 unspecified atom stereocenters. The number of aliphatic hydroxyl groups excluding tert-OH is 1. The molecule has 0 bridgehead atoms. The third kappa shape index (κ3) is 5.17. The minimum Gasteiger partial charge on any atom is -0.507 e. The number of unbranched alkanes of at least 4 members (excludes halogenated alkanes) is 1. The normalized spacial score (nSPS) is 17.2. The van der Waals surface area contributed by atoms with Crippen LogP contribution in [0.25, 0.3) is 5.76 Å². The van der Waals surface area contributed by atoms with E-state index in [4.69, 9.17) is 18.9 Å². The fraction of sp³-hybridized carbons (Fsp3) is 0.385. The molecule has 0 aliphatic carbocycles. The van der Waals surface area contributed by atoms with Crippen LogP contribution in [0.3, 0.4) is 0 Å². The number of rotatable bonds is 11. The van der Waals surface area contributed by atoms with Crippen LogP contribution in [0.1, 0.15) is 36.9 Å². The van der Waals surface area contributed by atoms with Gasteiger partial charge in [-0.05, 0) is 48.4 Å². The zero-order valence-corrected chi connectivity index (χ0v) is 20.0. The van der Waals surface area contributed by atoms with E-state index in [1.165, 1.54) is 19.1 Å². The monoisotopic (exact) mass is 469 g/mol. The summed E-state index contributed by atoms with van der Waals surface area (Å²) in [6, 6.07) is 11.1. The highest BCUT2D eigenvalue weighted by atomic mass is 16.5. The lowest BCUT2D eigenvalue weighted by Gasteiger charge is -2.25. The van der Waals surface area contributed by atoms with E-state index in [-0.39, 0.29) is 24.5 Å². The number of ketones is 1. The second kappa shape index (κ2) is 11.6. The zero-order chi connectivity index (χ0) is 24.7. The number of hydrogen-bond acceptors (Lipinski definition) is 7. The first-order valence-corrected chi connectivity index (χ1v) is 11.2. The molecule has 0 aromatic heterocycles. The summed E-state index contributed by atoms with van der Waals surface area (Å²) in [6.45, 7) is 3.05. The van der Waals surface area contributed by atoms with Crippen molar-refractivity contribution in [1.29, 1.82) is 0 Å². The number of hydrogen-bond donors (Lipinski definition) is 1. The Morgan fingerprint density at radius 1 is 0.971 bits per heavy atom. The number of Topliss-reactive ketones (excluding diaryl/α,β-unsaturated/α-hetero) is 1. The molecule has 1 amide bonds. The van der Waals surface area contributed by atoms with Gasteiger partial charge in [-0.25, -0.2) is 0 Å². The number of carbonyl (C=O) groups excluding carboxylic acids is 2. The third-order valence-electron chi connectivity index (χ3n) is 5.70. The van der Waals surface area contributed by atoms with Crippen LogP contribution in [0, 0.1) is 0 Å². The summed E-state index contributed by atoms with van der Waals surface area (Å²) in [5.41, 5.74) is 1.03. The van der Waals surface area contributed by atoms with Crippen LogP contribution in [0.15, 0.2) is 48.0 Å². The van der Waals surface area contributed by atoms with Gasteiger partial charge in [0.2, 0.25) is 0 Å². The fourth-order valence-corrected chi connectivity index (χ4v) is 3.85. The molecule has 1 fully saturated rings. The second-order valence-corrected chi connectivity index (χ2v) is 7.83. The molecular formula is C26H31NO7. The molecule has 1 aliphatic heterocycles. The average molecular weight is 470 g/mol. The number of amides is 1. The molecule has 34 heavy (non-hydrogen) atoms. The van der Waals surface area contributed by atoms with E-state index >= 15 is 0 Å². The first-order chi connectivity index (χ1) is 16.5. The van der Waals surface area contributed by atoms with E-state index in [0.717, 1.165) is 12.8 Å². The Kier molecular flexibility index (Phi) is 8.54. The lowest BCUT2D eigenvalue weighted by Crippen LogP contribution is -2.32. The van der Waals surface area contributed by atoms with Crippen molar-refractivity contribution >= 4 is 17.4 Å². The maximum absolute atomic E-state index is 13.1. The zero-order valence-electron chi connectivity index (χ0n) is 20.0. The molecule has 1 saturated heterocycles. The summed E-state index contributed by atoms with van der Waals surface area (Å²) in [5, 5.41) is 11.1. The van der Waals surface area contributed by atoms with Crippen LogP contribution in [0.5, 0.6) is 17.2 Å². The van der Waals surface area contributed by atoms with Gasteiger partial charge >= 0.3 is 0 Å². The topological polar surface area (TPSA) is 94.5 Å². The molecule has 1 atom stereocenters. The van der Waals surface area contributed by atoms with Gasteiger partial charge < -0.3 is 29.0 Å². The lowest BCUT2D eigenvalue weighted by atomic mass is 9.95. The van der Waals surface area contributed by atoms with Crippen molar-refractivity contribution in [1.82, 2.24) is 4.90 Å². The van der Waals surface area contributed by atoms with Crippen molar-refractivity contribution in [3.05, 3.63) is 59.2 Å². The van der Waals surface area contributed by atoms with Crippen LogP contribution in [-0.4, -0.2) is 62.8 Å². The first kappa shape index (κ1) is 25.1. The quantitative estimate of drug-likeness (QED) is 0.230. The van der Waals surface area contributed by atoms with Gasteiger partial charge in [-0.2, -0.15) is 0 Å². The molecule has 8 heteroatoms. The van der Waals surface area contributed by atoms with Crippen molar-refractivity contribution in [3.8, 4) is 17.2 Å². The summed E-state index contributed by atoms with van der Waals surface area (Å²) < 4.78 is 21.7. The molecule has 0 radical (unpaired) electrons. The Balaban J connectivity index is 2.09. The number of aliphatic hydroxyl groups is 1. The molecule has 8 nitrogen and oxygen atoms in total. The SMILES string of the molecule is CCCCOc1ccc(C2/C(=C(\O)c3ccc(OC)cc3)C(=O)C(=O)N2CCOC)cc1OC. The predicted molar refractivity (Wildman–Crippen MR) is 127 cm³/mol. The van der Waals surface area contributed by atoms with Gasteiger partial charge in [-0.15, -0.1) is 0 Å². The van der Waals surface area contributed by atoms with Gasteiger partial charge in [-0.3, -0.25) is 9.59 Å². The molecule has 182 valence electrons. The van der Waals surface area contributed by atoms with Crippen molar-refractivity contribution in [3.63, 3.8) is 0 Å². The van der Waals surface area contributed by atoms with E-state index in [0.29, 0.717) is 35.0 Å². The fourth-order valence-electron chi connectivity index (χ4n) is 3.85. The molecule has 3 rings (SSSR count). The van der Waals surface area contributed by atoms with Crippen LogP contribution >= 0.6 is 0 Å². The molecular weight excluding hydrogens is 438 g/mol. The van der Waals surface area contributed by atoms with E-state index < -0.39 is 17.7 Å². The molecule has 0 spiro atoms. The van der Waals surface area contributed by atoms with E-state index in [1.54, 1.807) is 49.6 Å². The second-order valence-electron chi connectivity index (χ2n) is 7.83. The Morgan fingerprint density at radius 3 is 2.32 bits per heavy atom. The van der Waals surface area contributed by atoms with Crippen LogP contribution in [0.4, 0.5) is 0 Å². The number of methoxy groups -OCH3 is 3. The lowest BCUT2D eigenvalue weighted by molar-refractivity contribution is -0.140. The van der Waals surface area contributed by atoms with E-state index in [9.17, 15) is 14.7 Å². The summed E-state index contributed by atoms with van der Waals surface area (Å²) in [4.78, 5) is 27.4. The van der Waals surface area contributed by atoms with Crippen molar-refractivity contribution in [2.24, 2.45) is 0 Å². The van der Waals surface area contributed by atoms with Gasteiger partial charge in [0.1, 0.15) is 11.5 Å². The third-order valence-corrected chi connectivity index (χ3v) is 5.70. The minimum absolute atomic E-state index is 0.00738. The molecule has 1 N–H and O–H groups in total. The number of ether oxygens (including phenoxy) is 4. The van der Waals surface area contributed by atoms with E-state index in [2.05, 4.69) is 6.92 Å². The standard InChI is InChI=1S/C26H31NO7/c1-5-6-14-34-20-12-9-18(16-21(20)33-4)23-22(25(29)26(30)27(23)13-15-31-2)24(28)17-7-10-19(32-3)11-8-17/h7-12,16,23,28H,5-6,13-15H2,1-4H3/b24-22+. The summed E-state index contributed by atoms with van der Waals surface area (Å²) in [6.07, 6.45) is 1.91. The van der Waals surface area contributed by atoms with Gasteiger partial charge in [0, 0.05) is 19.2 Å². The van der Waals surface area contributed by atoms with Crippen molar-refractivity contribution in [2.75, 3.05) is 41.1 Å². The Bertz CT molecular complexity index is 1050. The van der Waals surface area contributed by atoms with E-state index in [1.807, 2.05) is 0 Å². The molecule has 2 aromatic rings. The summed E-state index contributed by atoms with van der Waals surface area (Å²) >= 11 is 0. The number of carbonyl (C=O) groups is 2. The van der Waals surface area contributed by atoms with Gasteiger partial charge in [0.05, 0.1) is 39.0 Å². The highest BCUT2D eigenvalue weighted by molar-refractivity contribution is 6.46. The summed E-state index contributed by atoms with van der Waals surface area (Å²) in [7, 11) is 4.60. The van der Waals surface area contributed by atoms with Gasteiger partial charge in [0.15, 0.2) is 11.5 Å². The molecule has 1 heterocycles. The highest BCUT2D eigenvalue weighted by Crippen LogP contribution is 2.42. The number of benzene rings is 2. The number of nitrogens with zero attached hydrogens (tertiary/aromatic N) is 1. The Labute approximate surface area is 199 Å². The largest absolute Gasteiger partial charge is 0.507 e. The molecule has 0 saturated carbocycles. The van der Waals surface area contributed by atoms with Gasteiger partial charge in [0.25, 0.3) is 11.7 Å². The maximum Gasteiger partial charge on any atom is 0.295 e. The number of likely N-dealkylation sites (tertiary alicyclic amines) is 1. The van der Waals surface area contributed by atoms with Crippen LogP contribution in [0.2, 0.25) is 0 Å². The van der Waals surface area contributed by atoms with Gasteiger partial charge in [-0.1, -0.05) is 19.4 Å². The Morgan fingerprint density at radius 2 is 1.71 bits per heavy atom. The molecule has 2 aromatic carbocycles. The highest BCUT2D eigenvalue weighted by Gasteiger charge is 2.46.